The molecule has 4 fully saturated rings. The third-order valence-corrected chi connectivity index (χ3v) is 5.61. The maximum atomic E-state index is 13.0. The van der Waals surface area contributed by atoms with Gasteiger partial charge in [0, 0.05) is 0 Å². The molecule has 3 heterocycles. The van der Waals surface area contributed by atoms with E-state index >= 15 is 0 Å². The molecule has 21 heavy (non-hydrogen) atoms. The van der Waals surface area contributed by atoms with Gasteiger partial charge in [-0.1, -0.05) is 19.3 Å². The molecule has 1 aliphatic carbocycles. The molecule has 0 aromatic heterocycles. The van der Waals surface area contributed by atoms with Crippen molar-refractivity contribution in [2.75, 3.05) is 0 Å². The number of ether oxygens (including phenoxy) is 1. The molecule has 1 N–H and O–H groups in total. The van der Waals surface area contributed by atoms with Crippen molar-refractivity contribution in [1.29, 1.82) is 0 Å². The number of nitrogens with one attached hydrogen (secondary N) is 1. The lowest BCUT2D eigenvalue weighted by molar-refractivity contribution is -0.156. The molecule has 3 saturated heterocycles. The number of carbonyl (C=O) groups is 3. The molecule has 3 aliphatic heterocycles. The van der Waals surface area contributed by atoms with Crippen LogP contribution in [-0.2, 0) is 14.3 Å². The van der Waals surface area contributed by atoms with Gasteiger partial charge < -0.3 is 4.74 Å². The minimum atomic E-state index is -1.01. The van der Waals surface area contributed by atoms with E-state index in [0.29, 0.717) is 19.3 Å². The molecular weight excluding hydrogens is 272 g/mol. The SMILES string of the molecule is O=C1NC(=O)C2(CCCCC2)C(=O)N1C1CC2CCC1O2. The summed E-state index contributed by atoms with van der Waals surface area (Å²) in [6.07, 6.45) is 6.65. The largest absolute Gasteiger partial charge is 0.373 e. The molecule has 0 aromatic carbocycles. The zero-order chi connectivity index (χ0) is 14.6. The van der Waals surface area contributed by atoms with E-state index in [2.05, 4.69) is 5.32 Å². The zero-order valence-corrected chi connectivity index (χ0v) is 12.0. The monoisotopic (exact) mass is 292 g/mol. The highest BCUT2D eigenvalue weighted by molar-refractivity contribution is 6.19. The van der Waals surface area contributed by atoms with Crippen LogP contribution in [0, 0.1) is 5.41 Å². The lowest BCUT2D eigenvalue weighted by Gasteiger charge is -2.44. The second-order valence-corrected chi connectivity index (χ2v) is 6.75. The van der Waals surface area contributed by atoms with Crippen molar-refractivity contribution in [2.45, 2.75) is 69.6 Å². The summed E-state index contributed by atoms with van der Waals surface area (Å²) < 4.78 is 5.78. The number of fused-ring (bicyclic) bond motifs is 2. The Hall–Kier alpha value is -1.43. The van der Waals surface area contributed by atoms with Gasteiger partial charge in [0.2, 0.25) is 11.8 Å². The minimum absolute atomic E-state index is 0.0430. The van der Waals surface area contributed by atoms with Crippen molar-refractivity contribution in [3.63, 3.8) is 0 Å². The normalized spacial score (nSPS) is 38.2. The number of rotatable bonds is 1. The van der Waals surface area contributed by atoms with E-state index in [9.17, 15) is 14.4 Å². The van der Waals surface area contributed by atoms with Gasteiger partial charge in [-0.25, -0.2) is 4.79 Å². The van der Waals surface area contributed by atoms with Crippen LogP contribution in [0.15, 0.2) is 0 Å². The van der Waals surface area contributed by atoms with Crippen LogP contribution in [0.5, 0.6) is 0 Å². The summed E-state index contributed by atoms with van der Waals surface area (Å²) in [5, 5.41) is 2.43. The van der Waals surface area contributed by atoms with Crippen molar-refractivity contribution in [3.8, 4) is 0 Å². The molecule has 1 saturated carbocycles. The Labute approximate surface area is 123 Å². The van der Waals surface area contributed by atoms with E-state index < -0.39 is 17.4 Å². The van der Waals surface area contributed by atoms with Crippen LogP contribution >= 0.6 is 0 Å². The van der Waals surface area contributed by atoms with Crippen LogP contribution in [0.2, 0.25) is 0 Å². The summed E-state index contributed by atoms with van der Waals surface area (Å²) >= 11 is 0. The molecule has 6 heteroatoms. The van der Waals surface area contributed by atoms with E-state index in [0.717, 1.165) is 32.1 Å². The molecule has 4 amide bonds. The highest BCUT2D eigenvalue weighted by Crippen LogP contribution is 2.44. The standard InChI is InChI=1S/C15H20N2O4/c18-12-15(6-2-1-3-7-15)13(19)17(14(20)16-12)10-8-9-4-5-11(10)21-9/h9-11H,1-8H2,(H,16,18,20). The van der Waals surface area contributed by atoms with Crippen LogP contribution < -0.4 is 5.32 Å². The minimum Gasteiger partial charge on any atom is -0.373 e. The Morgan fingerprint density at radius 3 is 2.48 bits per heavy atom. The molecule has 2 bridgehead atoms. The Kier molecular flexibility index (Phi) is 2.86. The van der Waals surface area contributed by atoms with Gasteiger partial charge in [0.05, 0.1) is 18.2 Å². The van der Waals surface area contributed by atoms with Gasteiger partial charge in [-0.3, -0.25) is 19.8 Å². The van der Waals surface area contributed by atoms with E-state index in [-0.39, 0.29) is 24.2 Å². The van der Waals surface area contributed by atoms with Crippen molar-refractivity contribution in [2.24, 2.45) is 5.41 Å². The van der Waals surface area contributed by atoms with Crippen LogP contribution in [0.4, 0.5) is 4.79 Å². The Bertz CT molecular complexity index is 512. The number of nitrogens with zero attached hydrogens (tertiary/aromatic N) is 1. The number of amides is 4. The fourth-order valence-electron chi connectivity index (χ4n) is 4.48. The van der Waals surface area contributed by atoms with E-state index in [1.54, 1.807) is 0 Å². The molecule has 114 valence electrons. The molecule has 4 aliphatic rings. The summed E-state index contributed by atoms with van der Waals surface area (Å²) in [6, 6.07) is -0.745. The van der Waals surface area contributed by atoms with Gasteiger partial charge in [-0.05, 0) is 32.1 Å². The first kappa shape index (κ1) is 13.2. The van der Waals surface area contributed by atoms with Crippen molar-refractivity contribution in [3.05, 3.63) is 0 Å². The van der Waals surface area contributed by atoms with E-state index in [4.69, 9.17) is 4.74 Å². The Balaban J connectivity index is 1.65. The Morgan fingerprint density at radius 2 is 1.86 bits per heavy atom. The van der Waals surface area contributed by atoms with E-state index in [1.807, 2.05) is 0 Å². The lowest BCUT2D eigenvalue weighted by Crippen LogP contribution is -2.67. The molecule has 0 radical (unpaired) electrons. The van der Waals surface area contributed by atoms with Crippen molar-refractivity contribution in [1.82, 2.24) is 10.2 Å². The number of hydrogen-bond donors (Lipinski definition) is 1. The first-order valence-electron chi connectivity index (χ1n) is 7.96. The highest BCUT2D eigenvalue weighted by atomic mass is 16.5. The lowest BCUT2D eigenvalue weighted by atomic mass is 9.71. The first-order chi connectivity index (χ1) is 10.1. The van der Waals surface area contributed by atoms with Gasteiger partial charge in [-0.2, -0.15) is 0 Å². The summed E-state index contributed by atoms with van der Waals surface area (Å²) in [4.78, 5) is 38.8. The molecule has 6 nitrogen and oxygen atoms in total. The average molecular weight is 292 g/mol. The van der Waals surface area contributed by atoms with Crippen LogP contribution in [0.1, 0.15) is 51.4 Å². The summed E-state index contributed by atoms with van der Waals surface area (Å²) in [7, 11) is 0. The molecule has 3 unspecified atom stereocenters. The third-order valence-electron chi connectivity index (χ3n) is 5.61. The number of carbonyl (C=O) groups excluding carboxylic acids is 3. The third kappa shape index (κ3) is 1.78. The summed E-state index contributed by atoms with van der Waals surface area (Å²) in [5.41, 5.74) is -1.01. The fourth-order valence-corrected chi connectivity index (χ4v) is 4.48. The van der Waals surface area contributed by atoms with Crippen LogP contribution in [0.25, 0.3) is 0 Å². The summed E-state index contributed by atoms with van der Waals surface area (Å²) in [5.74, 6) is -0.672. The predicted molar refractivity (Wildman–Crippen MR) is 72.2 cm³/mol. The van der Waals surface area contributed by atoms with Gasteiger partial charge in [-0.15, -0.1) is 0 Å². The smallest absolute Gasteiger partial charge is 0.331 e. The maximum absolute atomic E-state index is 13.0. The number of imide groups is 2. The predicted octanol–water partition coefficient (Wildman–Crippen LogP) is 1.34. The highest BCUT2D eigenvalue weighted by Gasteiger charge is 2.58. The second kappa shape index (κ2) is 4.53. The van der Waals surface area contributed by atoms with Gasteiger partial charge in [0.15, 0.2) is 0 Å². The molecule has 0 aromatic rings. The number of barbiturate groups is 1. The maximum Gasteiger partial charge on any atom is 0.331 e. The molecule has 4 rings (SSSR count). The van der Waals surface area contributed by atoms with Crippen molar-refractivity contribution < 1.29 is 19.1 Å². The number of hydrogen-bond acceptors (Lipinski definition) is 4. The molecular formula is C15H20N2O4. The Morgan fingerprint density at radius 1 is 1.10 bits per heavy atom. The molecule has 1 spiro atoms. The van der Waals surface area contributed by atoms with Crippen LogP contribution in [0.3, 0.4) is 0 Å². The fraction of sp³-hybridized carbons (Fsp3) is 0.800. The molecule has 3 atom stereocenters. The summed E-state index contributed by atoms with van der Waals surface area (Å²) in [6.45, 7) is 0. The average Bonchev–Trinajstić information content (AvgIpc) is 3.09. The topological polar surface area (TPSA) is 75.7 Å². The quantitative estimate of drug-likeness (QED) is 0.740. The van der Waals surface area contributed by atoms with E-state index in [1.165, 1.54) is 4.90 Å². The number of urea groups is 1. The van der Waals surface area contributed by atoms with Crippen LogP contribution in [-0.4, -0.2) is 41.0 Å². The first-order valence-corrected chi connectivity index (χ1v) is 7.96. The van der Waals surface area contributed by atoms with Gasteiger partial charge in [0.1, 0.15) is 5.41 Å². The zero-order valence-electron chi connectivity index (χ0n) is 12.0. The van der Waals surface area contributed by atoms with Gasteiger partial charge >= 0.3 is 6.03 Å². The van der Waals surface area contributed by atoms with Gasteiger partial charge in [0.25, 0.3) is 0 Å². The van der Waals surface area contributed by atoms with Crippen molar-refractivity contribution >= 4 is 17.8 Å². The second-order valence-electron chi connectivity index (χ2n) is 6.75.